The predicted octanol–water partition coefficient (Wildman–Crippen LogP) is 4.90. The molecule has 6 nitrogen and oxygen atoms in total. The number of hydrogen-bond acceptors (Lipinski definition) is 5. The predicted molar refractivity (Wildman–Crippen MR) is 139 cm³/mol. The fraction of sp³-hybridized carbons (Fsp3) is 0.207. The van der Waals surface area contributed by atoms with E-state index in [0.29, 0.717) is 21.9 Å². The third-order valence-corrected chi connectivity index (χ3v) is 7.49. The molecule has 3 aromatic carbocycles. The van der Waals surface area contributed by atoms with E-state index in [1.54, 1.807) is 48.5 Å². The fourth-order valence-electron chi connectivity index (χ4n) is 5.60. The first-order valence-corrected chi connectivity index (χ1v) is 11.9. The van der Waals surface area contributed by atoms with Gasteiger partial charge in [0.1, 0.15) is 11.8 Å². The number of nitrogens with zero attached hydrogens (tertiary/aromatic N) is 2. The van der Waals surface area contributed by atoms with Crippen LogP contribution in [0.2, 0.25) is 5.02 Å². The Morgan fingerprint density at radius 2 is 1.86 bits per heavy atom. The second kappa shape index (κ2) is 8.85. The van der Waals surface area contributed by atoms with Gasteiger partial charge in [-0.3, -0.25) is 9.59 Å². The minimum Gasteiger partial charge on any atom is -0.497 e. The summed E-state index contributed by atoms with van der Waals surface area (Å²) in [7, 11) is 1.54. The largest absolute Gasteiger partial charge is 0.497 e. The van der Waals surface area contributed by atoms with Gasteiger partial charge in [0.15, 0.2) is 11.2 Å². The molecule has 3 aromatic rings. The average Bonchev–Trinajstić information content (AvgIpc) is 3.20. The summed E-state index contributed by atoms with van der Waals surface area (Å²) in [5.41, 5.74) is 8.10. The maximum Gasteiger partial charge on any atom is 0.241 e. The minimum atomic E-state index is -1.70. The molecule has 4 atom stereocenters. The third kappa shape index (κ3) is 3.47. The minimum absolute atomic E-state index is 0.237. The summed E-state index contributed by atoms with van der Waals surface area (Å²) in [4.78, 5) is 29.4. The number of amides is 1. The van der Waals surface area contributed by atoms with E-state index in [1.807, 2.05) is 42.2 Å². The molecule has 1 amide bonds. The monoisotopic (exact) mass is 497 g/mol. The molecule has 0 spiro atoms. The van der Waals surface area contributed by atoms with Gasteiger partial charge in [-0.15, -0.1) is 0 Å². The first-order chi connectivity index (χ1) is 17.3. The van der Waals surface area contributed by atoms with Crippen LogP contribution in [-0.2, 0) is 4.79 Å². The molecule has 36 heavy (non-hydrogen) atoms. The number of benzene rings is 3. The van der Waals surface area contributed by atoms with E-state index in [2.05, 4.69) is 6.07 Å². The number of aryl methyl sites for hydroxylation is 1. The highest BCUT2D eigenvalue weighted by molar-refractivity contribution is 6.30. The van der Waals surface area contributed by atoms with Crippen LogP contribution >= 0.6 is 11.6 Å². The summed E-state index contributed by atoms with van der Waals surface area (Å²) in [5, 5.41) is 11.1. The second-order valence-electron chi connectivity index (χ2n) is 9.19. The number of Topliss-reactive ketones (excluding diaryl/α,β-unsaturated/α-hetero) is 1. The molecule has 2 aliphatic rings. The molecular weight excluding hydrogens is 474 g/mol. The molecule has 0 saturated carbocycles. The van der Waals surface area contributed by atoms with Crippen LogP contribution < -0.4 is 15.4 Å². The number of halogens is 1. The van der Waals surface area contributed by atoms with Gasteiger partial charge in [-0.2, -0.15) is 5.26 Å². The zero-order valence-electron chi connectivity index (χ0n) is 19.8. The Hall–Kier alpha value is -4.08. The molecular formula is C29H24ClN3O3. The number of rotatable bonds is 5. The molecule has 2 heterocycles. The fourth-order valence-corrected chi connectivity index (χ4v) is 5.72. The molecule has 5 rings (SSSR count). The molecule has 2 N–H and O–H groups in total. The molecule has 2 aliphatic heterocycles. The van der Waals surface area contributed by atoms with E-state index < -0.39 is 29.3 Å². The molecule has 0 radical (unpaired) electrons. The van der Waals surface area contributed by atoms with E-state index in [-0.39, 0.29) is 5.78 Å². The Labute approximate surface area is 214 Å². The van der Waals surface area contributed by atoms with E-state index in [4.69, 9.17) is 22.1 Å². The summed E-state index contributed by atoms with van der Waals surface area (Å²) in [6.07, 6.45) is 3.72. The van der Waals surface area contributed by atoms with Crippen molar-refractivity contribution in [2.45, 2.75) is 24.9 Å². The van der Waals surface area contributed by atoms with Crippen molar-refractivity contribution in [3.05, 3.63) is 100 Å². The molecule has 1 saturated heterocycles. The van der Waals surface area contributed by atoms with E-state index in [1.165, 1.54) is 7.11 Å². The molecule has 180 valence electrons. The van der Waals surface area contributed by atoms with Gasteiger partial charge in [0.2, 0.25) is 5.91 Å². The number of carbonyl (C=O) groups excluding carboxylic acids is 2. The van der Waals surface area contributed by atoms with Gasteiger partial charge in [-0.1, -0.05) is 59.6 Å². The number of nitriles is 1. The van der Waals surface area contributed by atoms with Crippen LogP contribution in [-0.4, -0.2) is 30.9 Å². The quantitative estimate of drug-likeness (QED) is 0.505. The van der Waals surface area contributed by atoms with Crippen LogP contribution in [0.25, 0.3) is 6.08 Å². The molecule has 7 heteroatoms. The number of ketones is 1. The lowest BCUT2D eigenvalue weighted by atomic mass is 9.67. The normalized spacial score (nSPS) is 23.9. The number of anilines is 1. The summed E-state index contributed by atoms with van der Waals surface area (Å²) < 4.78 is 5.35. The van der Waals surface area contributed by atoms with Gasteiger partial charge in [-0.05, 0) is 54.4 Å². The van der Waals surface area contributed by atoms with Crippen molar-refractivity contribution < 1.29 is 14.3 Å². The van der Waals surface area contributed by atoms with Gasteiger partial charge >= 0.3 is 0 Å². The number of ether oxygens (including phenoxy) is 1. The average molecular weight is 498 g/mol. The highest BCUT2D eigenvalue weighted by Crippen LogP contribution is 2.56. The number of fused-ring (bicyclic) bond motifs is 3. The van der Waals surface area contributed by atoms with Crippen molar-refractivity contribution in [1.82, 2.24) is 0 Å². The molecule has 1 fully saturated rings. The Kier molecular flexibility index (Phi) is 5.82. The van der Waals surface area contributed by atoms with Crippen LogP contribution in [0.5, 0.6) is 5.75 Å². The lowest BCUT2D eigenvalue weighted by molar-refractivity contribution is -0.125. The topological polar surface area (TPSA) is 96.4 Å². The Morgan fingerprint density at radius 1 is 1.11 bits per heavy atom. The van der Waals surface area contributed by atoms with Gasteiger partial charge in [0.25, 0.3) is 0 Å². The number of carbonyl (C=O) groups is 2. The number of hydrogen-bond donors (Lipinski definition) is 1. The van der Waals surface area contributed by atoms with Crippen molar-refractivity contribution in [3.8, 4) is 11.8 Å². The van der Waals surface area contributed by atoms with Crippen molar-refractivity contribution in [2.24, 2.45) is 11.1 Å². The van der Waals surface area contributed by atoms with E-state index in [9.17, 15) is 14.9 Å². The van der Waals surface area contributed by atoms with Crippen LogP contribution in [0.4, 0.5) is 5.69 Å². The third-order valence-electron chi connectivity index (χ3n) is 7.24. The SMILES string of the molecule is COc1cccc(C(=O)[C@@H]2[C@H](c3ccc(Cl)cc3)[C@](C#N)(C(N)=O)[C@@H]3C=Cc4cc(C)ccc4N23)c1. The van der Waals surface area contributed by atoms with Crippen LogP contribution in [0.1, 0.15) is 33.0 Å². The number of methoxy groups -OCH3 is 1. The second-order valence-corrected chi connectivity index (χ2v) is 9.63. The molecule has 0 unspecified atom stereocenters. The van der Waals surface area contributed by atoms with Gasteiger partial charge < -0.3 is 15.4 Å². The Balaban J connectivity index is 1.80. The maximum atomic E-state index is 14.3. The first-order valence-electron chi connectivity index (χ1n) is 11.5. The molecule has 0 aromatic heterocycles. The molecule has 0 bridgehead atoms. The Morgan fingerprint density at radius 3 is 2.53 bits per heavy atom. The maximum absolute atomic E-state index is 14.3. The molecule has 0 aliphatic carbocycles. The highest BCUT2D eigenvalue weighted by Gasteiger charge is 2.65. The smallest absolute Gasteiger partial charge is 0.241 e. The lowest BCUT2D eigenvalue weighted by Gasteiger charge is -2.36. The van der Waals surface area contributed by atoms with Gasteiger partial charge in [0.05, 0.1) is 19.2 Å². The zero-order chi connectivity index (χ0) is 25.6. The van der Waals surface area contributed by atoms with E-state index >= 15 is 0 Å². The van der Waals surface area contributed by atoms with Crippen LogP contribution in [0, 0.1) is 23.7 Å². The van der Waals surface area contributed by atoms with Crippen molar-refractivity contribution in [2.75, 3.05) is 12.0 Å². The number of nitrogens with two attached hydrogens (primary N) is 1. The summed E-state index contributed by atoms with van der Waals surface area (Å²) in [6, 6.07) is 20.3. The Bertz CT molecular complexity index is 1440. The summed E-state index contributed by atoms with van der Waals surface area (Å²) in [6.45, 7) is 1.99. The van der Waals surface area contributed by atoms with Crippen molar-refractivity contribution in [3.63, 3.8) is 0 Å². The summed E-state index contributed by atoms with van der Waals surface area (Å²) in [5.74, 6) is -1.33. The van der Waals surface area contributed by atoms with Gasteiger partial charge in [0, 0.05) is 22.2 Å². The van der Waals surface area contributed by atoms with Crippen molar-refractivity contribution >= 4 is 35.1 Å². The van der Waals surface area contributed by atoms with Crippen LogP contribution in [0.3, 0.4) is 0 Å². The van der Waals surface area contributed by atoms with Crippen molar-refractivity contribution in [1.29, 1.82) is 5.26 Å². The number of primary amides is 1. The van der Waals surface area contributed by atoms with Gasteiger partial charge in [-0.25, -0.2) is 0 Å². The highest BCUT2D eigenvalue weighted by atomic mass is 35.5. The van der Waals surface area contributed by atoms with Crippen LogP contribution in [0.15, 0.2) is 72.8 Å². The zero-order valence-corrected chi connectivity index (χ0v) is 20.6. The standard InChI is InChI=1S/C29H24ClN3O3/c1-17-6-12-23-19(14-17)9-13-24-29(16-31,28(32)35)25(18-7-10-21(30)11-8-18)26(33(23)24)27(34)20-4-3-5-22(15-20)36-2/h3-15,24-26H,1-2H3,(H2,32,35)/t24-,25-,26-,29+/m0/s1. The van der Waals surface area contributed by atoms with E-state index in [0.717, 1.165) is 16.8 Å². The summed E-state index contributed by atoms with van der Waals surface area (Å²) >= 11 is 6.16. The first kappa shape index (κ1) is 23.7. The lowest BCUT2D eigenvalue weighted by Crippen LogP contribution is -2.49.